The summed E-state index contributed by atoms with van der Waals surface area (Å²) in [6, 6.07) is 0. The van der Waals surface area contributed by atoms with Crippen LogP contribution in [-0.4, -0.2) is 12.3 Å². The van der Waals surface area contributed by atoms with E-state index < -0.39 is 0 Å². The highest BCUT2D eigenvalue weighted by molar-refractivity contribution is 5.82. The summed E-state index contributed by atoms with van der Waals surface area (Å²) in [5.74, 6) is 0. The molecule has 0 bridgehead atoms. The molecule has 0 aromatic rings. The lowest BCUT2D eigenvalue weighted by atomic mass is 10.3. The summed E-state index contributed by atoms with van der Waals surface area (Å²) >= 11 is 0. The molecule has 0 aromatic heterocycles. The molecule has 1 rings (SSSR count). The van der Waals surface area contributed by atoms with Gasteiger partial charge in [-0.2, -0.15) is 0 Å². The highest BCUT2D eigenvalue weighted by atomic mass is 16.6. The highest BCUT2D eigenvalue weighted by Crippen LogP contribution is 1.96. The molecule has 0 amide bonds. The molecule has 0 N–H and O–H groups in total. The molecule has 0 atom stereocenters. The van der Waals surface area contributed by atoms with E-state index in [4.69, 9.17) is 0 Å². The minimum atomic E-state index is 0. The van der Waals surface area contributed by atoms with Gasteiger partial charge in [0.1, 0.15) is 6.61 Å². The summed E-state index contributed by atoms with van der Waals surface area (Å²) in [7, 11) is 0. The van der Waals surface area contributed by atoms with Crippen molar-refractivity contribution in [1.29, 1.82) is 0 Å². The molecule has 0 aliphatic carbocycles. The second-order valence-corrected chi connectivity index (χ2v) is 1.41. The molecule has 2 heteroatoms. The SMILES string of the molecule is C.C.CC1=NOCC1. The Kier molecular flexibility index (Phi) is 6.04. The van der Waals surface area contributed by atoms with E-state index in [1.54, 1.807) is 0 Å². The van der Waals surface area contributed by atoms with Crippen LogP contribution in [0.2, 0.25) is 0 Å². The Labute approximate surface area is 51.5 Å². The van der Waals surface area contributed by atoms with Crippen molar-refractivity contribution in [2.45, 2.75) is 28.2 Å². The number of hydrogen-bond donors (Lipinski definition) is 0. The second-order valence-electron chi connectivity index (χ2n) is 1.41. The van der Waals surface area contributed by atoms with Crippen LogP contribution in [0.5, 0.6) is 0 Å². The van der Waals surface area contributed by atoms with Gasteiger partial charge in [-0.15, -0.1) is 0 Å². The van der Waals surface area contributed by atoms with Crippen molar-refractivity contribution in [2.75, 3.05) is 6.61 Å². The largest absolute Gasteiger partial charge is 0.395 e. The number of rotatable bonds is 0. The van der Waals surface area contributed by atoms with Gasteiger partial charge in [-0.05, 0) is 6.92 Å². The first-order chi connectivity index (χ1) is 2.89. The van der Waals surface area contributed by atoms with E-state index in [1.165, 1.54) is 0 Å². The maximum atomic E-state index is 4.64. The zero-order valence-electron chi connectivity index (χ0n) is 3.77. The van der Waals surface area contributed by atoms with Crippen molar-refractivity contribution in [2.24, 2.45) is 5.16 Å². The van der Waals surface area contributed by atoms with Gasteiger partial charge >= 0.3 is 0 Å². The molecule has 0 aromatic carbocycles. The zero-order chi connectivity index (χ0) is 4.41. The lowest BCUT2D eigenvalue weighted by molar-refractivity contribution is 0.173. The Morgan fingerprint density at radius 3 is 2.25 bits per heavy atom. The number of nitrogens with zero attached hydrogens (tertiary/aromatic N) is 1. The van der Waals surface area contributed by atoms with Crippen LogP contribution in [0.4, 0.5) is 0 Å². The van der Waals surface area contributed by atoms with Crippen LogP contribution in [0.25, 0.3) is 0 Å². The minimum Gasteiger partial charge on any atom is -0.395 e. The van der Waals surface area contributed by atoms with Gasteiger partial charge in [0.05, 0.1) is 5.71 Å². The zero-order valence-corrected chi connectivity index (χ0v) is 3.77. The molecule has 0 spiro atoms. The van der Waals surface area contributed by atoms with Gasteiger partial charge in [-0.3, -0.25) is 0 Å². The smallest absolute Gasteiger partial charge is 0.122 e. The first kappa shape index (κ1) is 10.5. The highest BCUT2D eigenvalue weighted by Gasteiger charge is 1.98. The van der Waals surface area contributed by atoms with E-state index >= 15 is 0 Å². The standard InChI is InChI=1S/C4H7NO.2CH4/c1-4-2-3-6-5-4;;/h2-3H2,1H3;2*1H4. The van der Waals surface area contributed by atoms with E-state index in [0.29, 0.717) is 0 Å². The number of oxime groups is 1. The summed E-state index contributed by atoms with van der Waals surface area (Å²) in [5.41, 5.74) is 1.11. The molecular formula is C6H15NO. The van der Waals surface area contributed by atoms with E-state index in [9.17, 15) is 0 Å². The molecule has 2 nitrogen and oxygen atoms in total. The molecule has 0 unspecified atom stereocenters. The van der Waals surface area contributed by atoms with E-state index in [-0.39, 0.29) is 14.9 Å². The summed E-state index contributed by atoms with van der Waals surface area (Å²) in [6.45, 7) is 2.75. The molecule has 0 radical (unpaired) electrons. The van der Waals surface area contributed by atoms with Crippen LogP contribution in [-0.2, 0) is 4.84 Å². The molecular weight excluding hydrogens is 102 g/mol. The van der Waals surface area contributed by atoms with Gasteiger partial charge in [0.25, 0.3) is 0 Å². The fraction of sp³-hybridized carbons (Fsp3) is 0.833. The van der Waals surface area contributed by atoms with Crippen molar-refractivity contribution in [1.82, 2.24) is 0 Å². The maximum absolute atomic E-state index is 4.64. The first-order valence-corrected chi connectivity index (χ1v) is 2.05. The van der Waals surface area contributed by atoms with Gasteiger partial charge < -0.3 is 4.84 Å². The van der Waals surface area contributed by atoms with Crippen LogP contribution in [0.3, 0.4) is 0 Å². The van der Waals surface area contributed by atoms with Crippen LogP contribution >= 0.6 is 0 Å². The van der Waals surface area contributed by atoms with E-state index in [0.717, 1.165) is 18.7 Å². The van der Waals surface area contributed by atoms with Gasteiger partial charge in [0, 0.05) is 6.42 Å². The topological polar surface area (TPSA) is 21.6 Å². The molecule has 50 valence electrons. The Hall–Kier alpha value is -0.530. The Bertz CT molecular complexity index is 78.6. The summed E-state index contributed by atoms with van der Waals surface area (Å²) in [6.07, 6.45) is 1.01. The predicted octanol–water partition coefficient (Wildman–Crippen LogP) is 2.05. The van der Waals surface area contributed by atoms with Crippen molar-refractivity contribution < 1.29 is 4.84 Å². The van der Waals surface area contributed by atoms with E-state index in [1.807, 2.05) is 6.92 Å². The van der Waals surface area contributed by atoms with Gasteiger partial charge in [0.2, 0.25) is 0 Å². The quantitative estimate of drug-likeness (QED) is 0.476. The average molecular weight is 117 g/mol. The first-order valence-electron chi connectivity index (χ1n) is 2.05. The summed E-state index contributed by atoms with van der Waals surface area (Å²) < 4.78 is 0. The Morgan fingerprint density at radius 2 is 2.12 bits per heavy atom. The Balaban J connectivity index is 0. The molecule has 0 fully saturated rings. The van der Waals surface area contributed by atoms with Crippen LogP contribution < -0.4 is 0 Å². The van der Waals surface area contributed by atoms with E-state index in [2.05, 4.69) is 9.99 Å². The van der Waals surface area contributed by atoms with Crippen LogP contribution in [0.15, 0.2) is 5.16 Å². The number of hydrogen-bond acceptors (Lipinski definition) is 2. The normalized spacial score (nSPS) is 14.9. The molecule has 8 heavy (non-hydrogen) atoms. The molecule has 0 saturated carbocycles. The predicted molar refractivity (Wildman–Crippen MR) is 37.1 cm³/mol. The maximum Gasteiger partial charge on any atom is 0.122 e. The van der Waals surface area contributed by atoms with Gasteiger partial charge in [0.15, 0.2) is 0 Å². The molecule has 1 heterocycles. The average Bonchev–Trinajstić information content (AvgIpc) is 1.86. The van der Waals surface area contributed by atoms with Gasteiger partial charge in [-0.25, -0.2) is 0 Å². The van der Waals surface area contributed by atoms with Crippen LogP contribution in [0.1, 0.15) is 28.2 Å². The third-order valence-corrected chi connectivity index (χ3v) is 0.776. The molecule has 0 saturated heterocycles. The Morgan fingerprint density at radius 1 is 1.50 bits per heavy atom. The van der Waals surface area contributed by atoms with Crippen molar-refractivity contribution in [3.05, 3.63) is 0 Å². The third kappa shape index (κ3) is 2.61. The third-order valence-electron chi connectivity index (χ3n) is 0.776. The fourth-order valence-corrected chi connectivity index (χ4v) is 0.395. The molecule has 1 aliphatic rings. The van der Waals surface area contributed by atoms with Crippen LogP contribution in [0, 0.1) is 0 Å². The van der Waals surface area contributed by atoms with Crippen molar-refractivity contribution in [3.63, 3.8) is 0 Å². The summed E-state index contributed by atoms with van der Waals surface area (Å²) in [5, 5.41) is 3.65. The molecule has 1 aliphatic heterocycles. The van der Waals surface area contributed by atoms with Crippen molar-refractivity contribution in [3.8, 4) is 0 Å². The monoisotopic (exact) mass is 117 g/mol. The van der Waals surface area contributed by atoms with Gasteiger partial charge in [-0.1, -0.05) is 20.0 Å². The van der Waals surface area contributed by atoms with Crippen molar-refractivity contribution >= 4 is 5.71 Å². The summed E-state index contributed by atoms with van der Waals surface area (Å²) in [4.78, 5) is 4.64. The minimum absolute atomic E-state index is 0. The lowest BCUT2D eigenvalue weighted by Gasteiger charge is -1.76. The second kappa shape index (κ2) is 4.62. The fourth-order valence-electron chi connectivity index (χ4n) is 0.395. The lowest BCUT2D eigenvalue weighted by Crippen LogP contribution is -1.82.